The van der Waals surface area contributed by atoms with Gasteiger partial charge in [-0.05, 0) is 50.8 Å². The van der Waals surface area contributed by atoms with E-state index in [0.717, 1.165) is 32.2 Å². The Bertz CT molecular complexity index is 644. The molecule has 2 fully saturated rings. The molecular formula is C14H18Cl2N2O2S. The lowest BCUT2D eigenvalue weighted by Gasteiger charge is -2.48. The zero-order valence-electron chi connectivity index (χ0n) is 11.5. The monoisotopic (exact) mass is 348 g/mol. The third-order valence-corrected chi connectivity index (χ3v) is 6.96. The van der Waals surface area contributed by atoms with E-state index in [0.29, 0.717) is 0 Å². The van der Waals surface area contributed by atoms with E-state index in [1.807, 2.05) is 0 Å². The number of nitrogens with one attached hydrogen (secondary N) is 2. The van der Waals surface area contributed by atoms with Crippen LogP contribution in [0, 0.1) is 0 Å². The van der Waals surface area contributed by atoms with Gasteiger partial charge in [0.15, 0.2) is 0 Å². The van der Waals surface area contributed by atoms with Gasteiger partial charge < -0.3 is 5.32 Å². The normalized spacial score (nSPS) is 24.8. The van der Waals surface area contributed by atoms with Gasteiger partial charge in [-0.25, -0.2) is 13.1 Å². The molecule has 1 heterocycles. The minimum absolute atomic E-state index is 0.0494. The molecule has 2 N–H and O–H groups in total. The summed E-state index contributed by atoms with van der Waals surface area (Å²) in [6, 6.07) is 4.61. The molecule has 21 heavy (non-hydrogen) atoms. The summed E-state index contributed by atoms with van der Waals surface area (Å²) >= 11 is 11.9. The number of benzene rings is 1. The predicted octanol–water partition coefficient (Wildman–Crippen LogP) is 2.95. The number of piperidine rings is 1. The van der Waals surface area contributed by atoms with Crippen LogP contribution in [-0.2, 0) is 10.0 Å². The van der Waals surface area contributed by atoms with E-state index in [4.69, 9.17) is 23.2 Å². The third-order valence-electron chi connectivity index (χ3n) is 4.47. The Balaban J connectivity index is 1.78. The second-order valence-electron chi connectivity index (χ2n) is 5.92. The van der Waals surface area contributed by atoms with Crippen molar-refractivity contribution in [2.75, 3.05) is 6.54 Å². The van der Waals surface area contributed by atoms with Crippen LogP contribution in [0.5, 0.6) is 0 Å². The van der Waals surface area contributed by atoms with E-state index >= 15 is 0 Å². The van der Waals surface area contributed by atoms with E-state index in [2.05, 4.69) is 10.0 Å². The highest BCUT2D eigenvalue weighted by Gasteiger charge is 2.41. The molecule has 7 heteroatoms. The highest BCUT2D eigenvalue weighted by Crippen LogP contribution is 2.38. The molecule has 1 atom stereocenters. The van der Waals surface area contributed by atoms with E-state index in [9.17, 15) is 8.42 Å². The Hall–Kier alpha value is -0.330. The number of rotatable bonds is 3. The van der Waals surface area contributed by atoms with Gasteiger partial charge in [-0.2, -0.15) is 0 Å². The Labute approximate surface area is 135 Å². The van der Waals surface area contributed by atoms with E-state index in [1.54, 1.807) is 12.1 Å². The van der Waals surface area contributed by atoms with Gasteiger partial charge in [0, 0.05) is 11.6 Å². The molecule has 1 unspecified atom stereocenters. The van der Waals surface area contributed by atoms with Crippen molar-refractivity contribution in [3.8, 4) is 0 Å². The maximum atomic E-state index is 12.5. The number of sulfonamides is 1. The van der Waals surface area contributed by atoms with Crippen molar-refractivity contribution in [2.24, 2.45) is 0 Å². The fourth-order valence-corrected chi connectivity index (χ4v) is 5.25. The molecule has 2 aliphatic rings. The van der Waals surface area contributed by atoms with Gasteiger partial charge in [-0.3, -0.25) is 0 Å². The second kappa shape index (κ2) is 5.70. The summed E-state index contributed by atoms with van der Waals surface area (Å²) in [5.41, 5.74) is 0.142. The van der Waals surface area contributed by atoms with Crippen molar-refractivity contribution in [3.05, 3.63) is 28.2 Å². The average Bonchev–Trinajstić information content (AvgIpc) is 2.39. The molecule has 3 rings (SSSR count). The molecule has 1 saturated carbocycles. The molecule has 0 amide bonds. The molecule has 1 aromatic rings. The van der Waals surface area contributed by atoms with Crippen molar-refractivity contribution in [1.82, 2.24) is 10.0 Å². The third kappa shape index (κ3) is 3.08. The van der Waals surface area contributed by atoms with Crippen LogP contribution in [0.3, 0.4) is 0 Å². The number of hydrogen-bond acceptors (Lipinski definition) is 3. The maximum Gasteiger partial charge on any atom is 0.242 e. The summed E-state index contributed by atoms with van der Waals surface area (Å²) in [4.78, 5) is 0.0536. The minimum atomic E-state index is -3.64. The van der Waals surface area contributed by atoms with Crippen LogP contribution in [0.25, 0.3) is 0 Å². The Kier molecular flexibility index (Phi) is 4.23. The lowest BCUT2D eigenvalue weighted by molar-refractivity contribution is 0.126. The Morgan fingerprint density at radius 2 is 2.05 bits per heavy atom. The van der Waals surface area contributed by atoms with E-state index in [-0.39, 0.29) is 26.5 Å². The summed E-state index contributed by atoms with van der Waals surface area (Å²) in [5, 5.41) is 3.86. The van der Waals surface area contributed by atoms with Crippen LogP contribution in [-0.4, -0.2) is 26.5 Å². The van der Waals surface area contributed by atoms with Crippen LogP contribution in [0.1, 0.15) is 32.1 Å². The van der Waals surface area contributed by atoms with Gasteiger partial charge in [0.05, 0.1) is 10.0 Å². The highest BCUT2D eigenvalue weighted by molar-refractivity contribution is 7.89. The van der Waals surface area contributed by atoms with Crippen molar-refractivity contribution >= 4 is 33.2 Å². The quantitative estimate of drug-likeness (QED) is 0.882. The first-order valence-corrected chi connectivity index (χ1v) is 9.37. The molecule has 4 nitrogen and oxygen atoms in total. The standard InChI is InChI=1S/C14H18Cl2N2O2S/c15-11-3-1-4-12(13(11)16)21(19,20)18-10-5-8-17-14(9-10)6-2-7-14/h1,3-4,10,17-18H,2,5-9H2. The van der Waals surface area contributed by atoms with Crippen molar-refractivity contribution in [1.29, 1.82) is 0 Å². The molecular weight excluding hydrogens is 331 g/mol. The summed E-state index contributed by atoms with van der Waals surface area (Å²) in [5.74, 6) is 0. The zero-order chi connectivity index (χ0) is 15.1. The van der Waals surface area contributed by atoms with Crippen LogP contribution in [0.4, 0.5) is 0 Å². The lowest BCUT2D eigenvalue weighted by atomic mass is 9.70. The molecule has 1 saturated heterocycles. The Morgan fingerprint density at radius 3 is 2.71 bits per heavy atom. The smallest absolute Gasteiger partial charge is 0.242 e. The van der Waals surface area contributed by atoms with Gasteiger partial charge in [-0.1, -0.05) is 29.3 Å². The van der Waals surface area contributed by atoms with Crippen LogP contribution in [0.15, 0.2) is 23.1 Å². The molecule has 1 aromatic carbocycles. The number of halogens is 2. The van der Waals surface area contributed by atoms with Crippen molar-refractivity contribution in [3.63, 3.8) is 0 Å². The summed E-state index contributed by atoms with van der Waals surface area (Å²) in [6.07, 6.45) is 5.10. The zero-order valence-corrected chi connectivity index (χ0v) is 13.9. The lowest BCUT2D eigenvalue weighted by Crippen LogP contribution is -2.59. The second-order valence-corrected chi connectivity index (χ2v) is 8.39. The fraction of sp³-hybridized carbons (Fsp3) is 0.571. The first kappa shape index (κ1) is 15.6. The molecule has 0 aromatic heterocycles. The van der Waals surface area contributed by atoms with Gasteiger partial charge in [-0.15, -0.1) is 0 Å². The maximum absolute atomic E-state index is 12.5. The molecule has 116 valence electrons. The van der Waals surface area contributed by atoms with Crippen LogP contribution >= 0.6 is 23.2 Å². The van der Waals surface area contributed by atoms with Crippen LogP contribution in [0.2, 0.25) is 10.0 Å². The first-order valence-electron chi connectivity index (χ1n) is 7.13. The van der Waals surface area contributed by atoms with Gasteiger partial charge in [0.2, 0.25) is 10.0 Å². The summed E-state index contributed by atoms with van der Waals surface area (Å²) < 4.78 is 27.8. The highest BCUT2D eigenvalue weighted by atomic mass is 35.5. The molecule has 1 spiro atoms. The van der Waals surface area contributed by atoms with Crippen LogP contribution < -0.4 is 10.0 Å². The topological polar surface area (TPSA) is 58.2 Å². The first-order chi connectivity index (χ1) is 9.92. The fourth-order valence-electron chi connectivity index (χ4n) is 3.22. The molecule has 1 aliphatic heterocycles. The average molecular weight is 349 g/mol. The molecule has 1 aliphatic carbocycles. The minimum Gasteiger partial charge on any atom is -0.311 e. The van der Waals surface area contributed by atoms with Gasteiger partial charge >= 0.3 is 0 Å². The molecule has 0 bridgehead atoms. The van der Waals surface area contributed by atoms with Gasteiger partial charge in [0.1, 0.15) is 4.90 Å². The van der Waals surface area contributed by atoms with Crippen molar-refractivity contribution < 1.29 is 8.42 Å². The van der Waals surface area contributed by atoms with E-state index in [1.165, 1.54) is 12.5 Å². The SMILES string of the molecule is O=S(=O)(NC1CCNC2(CCC2)C1)c1cccc(Cl)c1Cl. The van der Waals surface area contributed by atoms with Gasteiger partial charge in [0.25, 0.3) is 0 Å². The predicted molar refractivity (Wildman–Crippen MR) is 84.4 cm³/mol. The molecule has 0 radical (unpaired) electrons. The number of hydrogen-bond donors (Lipinski definition) is 2. The van der Waals surface area contributed by atoms with Crippen molar-refractivity contribution in [2.45, 2.75) is 48.6 Å². The largest absolute Gasteiger partial charge is 0.311 e. The Morgan fingerprint density at radius 1 is 1.29 bits per heavy atom. The van der Waals surface area contributed by atoms with E-state index < -0.39 is 10.0 Å². The summed E-state index contributed by atoms with van der Waals surface area (Å²) in [7, 11) is -3.64. The summed E-state index contributed by atoms with van der Waals surface area (Å²) in [6.45, 7) is 0.844.